The molecule has 1 amide bonds. The molecule has 3 rings (SSSR count). The zero-order valence-electron chi connectivity index (χ0n) is 22.9. The number of para-hydroxylation sites is 1. The maximum Gasteiger partial charge on any atom is 0.429 e. The van der Waals surface area contributed by atoms with Gasteiger partial charge in [0, 0.05) is 17.2 Å². The molecule has 12 heteroatoms. The molecule has 0 aromatic heterocycles. The highest BCUT2D eigenvalue weighted by Gasteiger charge is 2.27. The third kappa shape index (κ3) is 8.35. The minimum Gasteiger partial charge on any atom is -0.489 e. The minimum absolute atomic E-state index is 0.0461. The number of anilines is 1. The molecule has 0 heterocycles. The summed E-state index contributed by atoms with van der Waals surface area (Å²) in [5.74, 6) is -3.79. The Morgan fingerprint density at radius 1 is 1.00 bits per heavy atom. The van der Waals surface area contributed by atoms with Gasteiger partial charge in [-0.25, -0.2) is 27.8 Å². The number of hydrogen-bond acceptors (Lipinski definition) is 8. The van der Waals surface area contributed by atoms with E-state index in [0.717, 1.165) is 11.1 Å². The highest BCUT2D eigenvalue weighted by atomic mass is 19.2. The van der Waals surface area contributed by atoms with E-state index in [4.69, 9.17) is 14.2 Å². The van der Waals surface area contributed by atoms with Crippen LogP contribution in [0.4, 0.5) is 23.7 Å². The van der Waals surface area contributed by atoms with Gasteiger partial charge in [0.25, 0.3) is 0 Å². The number of nitrogens with zero attached hydrogens (tertiary/aromatic N) is 1. The van der Waals surface area contributed by atoms with Crippen LogP contribution < -0.4 is 10.2 Å². The van der Waals surface area contributed by atoms with Crippen molar-refractivity contribution in [2.24, 2.45) is 0 Å². The van der Waals surface area contributed by atoms with Gasteiger partial charge in [-0.1, -0.05) is 24.3 Å². The second-order valence-corrected chi connectivity index (χ2v) is 9.93. The van der Waals surface area contributed by atoms with Gasteiger partial charge in [-0.15, -0.1) is 0 Å². The van der Waals surface area contributed by atoms with E-state index in [1.165, 1.54) is 37.4 Å². The molecule has 0 aliphatic carbocycles. The SMILES string of the molecule is COC(=O)c1cccc(COc2ccc(-c3cc(F)c(F)cc3F)cc2)c1NN(C[C@H](O)CO)C(=O)OC(C)(C)C. The Morgan fingerprint density at radius 3 is 2.27 bits per heavy atom. The van der Waals surface area contributed by atoms with Crippen molar-refractivity contribution in [1.82, 2.24) is 5.01 Å². The fourth-order valence-corrected chi connectivity index (χ4v) is 3.65. The van der Waals surface area contributed by atoms with Crippen molar-refractivity contribution in [3.63, 3.8) is 0 Å². The van der Waals surface area contributed by atoms with E-state index < -0.39 is 47.8 Å². The van der Waals surface area contributed by atoms with Gasteiger partial charge in [0.15, 0.2) is 11.6 Å². The normalized spacial score (nSPS) is 11.9. The largest absolute Gasteiger partial charge is 0.489 e. The number of ether oxygens (including phenoxy) is 3. The summed E-state index contributed by atoms with van der Waals surface area (Å²) >= 11 is 0. The van der Waals surface area contributed by atoms with Crippen molar-refractivity contribution in [3.8, 4) is 16.9 Å². The van der Waals surface area contributed by atoms with Crippen molar-refractivity contribution in [1.29, 1.82) is 0 Å². The lowest BCUT2D eigenvalue weighted by Crippen LogP contribution is -2.45. The first-order valence-corrected chi connectivity index (χ1v) is 12.5. The number of carbonyl (C=O) groups excluding carboxylic acids is 2. The third-order valence-corrected chi connectivity index (χ3v) is 5.59. The van der Waals surface area contributed by atoms with Gasteiger partial charge >= 0.3 is 12.1 Å². The van der Waals surface area contributed by atoms with Crippen LogP contribution in [0, 0.1) is 17.5 Å². The summed E-state index contributed by atoms with van der Waals surface area (Å²) in [6.07, 6.45) is -2.20. The van der Waals surface area contributed by atoms with Crippen LogP contribution in [0.2, 0.25) is 0 Å². The quantitative estimate of drug-likeness (QED) is 0.174. The smallest absolute Gasteiger partial charge is 0.429 e. The maximum absolute atomic E-state index is 14.2. The van der Waals surface area contributed by atoms with Crippen LogP contribution in [0.1, 0.15) is 36.7 Å². The number of benzene rings is 3. The number of halogens is 3. The van der Waals surface area contributed by atoms with E-state index in [1.54, 1.807) is 32.9 Å². The number of rotatable bonds is 10. The van der Waals surface area contributed by atoms with Crippen molar-refractivity contribution < 1.29 is 47.2 Å². The number of nitrogens with one attached hydrogen (secondary N) is 1. The van der Waals surface area contributed by atoms with Gasteiger partial charge in [-0.05, 0) is 50.6 Å². The molecule has 3 aromatic rings. The van der Waals surface area contributed by atoms with Crippen LogP contribution in [-0.4, -0.2) is 59.3 Å². The molecule has 1 atom stereocenters. The first-order valence-electron chi connectivity index (χ1n) is 12.5. The molecule has 0 saturated carbocycles. The standard InChI is InChI=1S/C29H31F3N2O7/c1-29(2,3)41-28(38)34(14-19(36)15-35)33-26-18(6-5-7-21(26)27(37)39-4)16-40-20-10-8-17(9-11-20)22-12-24(31)25(32)13-23(22)30/h5-13,19,33,35-36H,14-16H2,1-4H3/t19-/m0/s1. The molecule has 0 aliphatic rings. The first kappa shape index (κ1) is 31.2. The molecule has 0 spiro atoms. The van der Waals surface area contributed by atoms with Crippen LogP contribution in [-0.2, 0) is 16.1 Å². The van der Waals surface area contributed by atoms with Gasteiger partial charge in [0.2, 0.25) is 0 Å². The molecular weight excluding hydrogens is 545 g/mol. The summed E-state index contributed by atoms with van der Waals surface area (Å²) in [6.45, 7) is 3.80. The van der Waals surface area contributed by atoms with Crippen molar-refractivity contribution in [2.75, 3.05) is 25.7 Å². The van der Waals surface area contributed by atoms with Crippen molar-refractivity contribution >= 4 is 17.7 Å². The maximum atomic E-state index is 14.2. The highest BCUT2D eigenvalue weighted by molar-refractivity contribution is 5.96. The molecule has 0 radical (unpaired) electrons. The van der Waals surface area contributed by atoms with Gasteiger partial charge < -0.3 is 24.4 Å². The number of hydrogen-bond donors (Lipinski definition) is 3. The summed E-state index contributed by atoms with van der Waals surface area (Å²) in [5.41, 5.74) is 2.65. The summed E-state index contributed by atoms with van der Waals surface area (Å²) in [5, 5.41) is 20.3. The van der Waals surface area contributed by atoms with Crippen LogP contribution in [0.3, 0.4) is 0 Å². The van der Waals surface area contributed by atoms with Gasteiger partial charge in [0.1, 0.15) is 23.8 Å². The fraction of sp³-hybridized carbons (Fsp3) is 0.310. The monoisotopic (exact) mass is 576 g/mol. The average molecular weight is 577 g/mol. The fourth-order valence-electron chi connectivity index (χ4n) is 3.65. The van der Waals surface area contributed by atoms with Crippen molar-refractivity contribution in [3.05, 3.63) is 83.2 Å². The number of hydrazine groups is 1. The Labute approximate surface area is 235 Å². The van der Waals surface area contributed by atoms with E-state index in [1.807, 2.05) is 0 Å². The molecule has 3 aromatic carbocycles. The van der Waals surface area contributed by atoms with Gasteiger partial charge in [0.05, 0.1) is 37.6 Å². The number of aliphatic hydroxyl groups is 2. The molecular formula is C29H31F3N2O7. The van der Waals surface area contributed by atoms with E-state index in [0.29, 0.717) is 22.9 Å². The Bertz CT molecular complexity index is 1380. The zero-order chi connectivity index (χ0) is 30.3. The lowest BCUT2D eigenvalue weighted by Gasteiger charge is -2.30. The Morgan fingerprint density at radius 2 is 1.66 bits per heavy atom. The molecule has 0 saturated heterocycles. The summed E-state index contributed by atoms with van der Waals surface area (Å²) in [7, 11) is 1.19. The summed E-state index contributed by atoms with van der Waals surface area (Å²) < 4.78 is 57.2. The number of methoxy groups -OCH3 is 1. The third-order valence-electron chi connectivity index (χ3n) is 5.59. The predicted molar refractivity (Wildman–Crippen MR) is 144 cm³/mol. The lowest BCUT2D eigenvalue weighted by molar-refractivity contribution is 0.0133. The molecule has 3 N–H and O–H groups in total. The molecule has 9 nitrogen and oxygen atoms in total. The van der Waals surface area contributed by atoms with E-state index >= 15 is 0 Å². The average Bonchev–Trinajstić information content (AvgIpc) is 2.92. The molecule has 0 unspecified atom stereocenters. The highest BCUT2D eigenvalue weighted by Crippen LogP contribution is 2.29. The molecule has 0 bridgehead atoms. The van der Waals surface area contributed by atoms with Crippen LogP contribution in [0.5, 0.6) is 5.75 Å². The Hall–Kier alpha value is -4.29. The lowest BCUT2D eigenvalue weighted by atomic mass is 10.0. The first-order chi connectivity index (χ1) is 19.3. The van der Waals surface area contributed by atoms with Crippen LogP contribution in [0.25, 0.3) is 11.1 Å². The second kappa shape index (κ2) is 13.4. The Kier molecular flexibility index (Phi) is 10.2. The molecule has 220 valence electrons. The molecule has 41 heavy (non-hydrogen) atoms. The van der Waals surface area contributed by atoms with Gasteiger partial charge in [-0.2, -0.15) is 0 Å². The number of esters is 1. The molecule has 0 aliphatic heterocycles. The zero-order valence-corrected chi connectivity index (χ0v) is 22.9. The summed E-state index contributed by atoms with van der Waals surface area (Å²) in [4.78, 5) is 25.5. The second-order valence-electron chi connectivity index (χ2n) is 9.93. The summed E-state index contributed by atoms with van der Waals surface area (Å²) in [6, 6.07) is 11.8. The van der Waals surface area contributed by atoms with Crippen molar-refractivity contribution in [2.45, 2.75) is 39.1 Å². The Balaban J connectivity index is 1.89. The van der Waals surface area contributed by atoms with Crippen LogP contribution >= 0.6 is 0 Å². The number of aliphatic hydroxyl groups excluding tert-OH is 2. The van der Waals surface area contributed by atoms with Crippen LogP contribution in [0.15, 0.2) is 54.6 Å². The molecule has 0 fully saturated rings. The topological polar surface area (TPSA) is 118 Å². The van der Waals surface area contributed by atoms with E-state index in [9.17, 15) is 33.0 Å². The van der Waals surface area contributed by atoms with E-state index in [-0.39, 0.29) is 30.0 Å². The predicted octanol–water partition coefficient (Wildman–Crippen LogP) is 5.05. The number of amides is 1. The van der Waals surface area contributed by atoms with Gasteiger partial charge in [-0.3, -0.25) is 5.43 Å². The van der Waals surface area contributed by atoms with E-state index in [2.05, 4.69) is 5.43 Å². The number of carbonyl (C=O) groups is 2. The minimum atomic E-state index is -1.32.